The van der Waals surface area contributed by atoms with Gasteiger partial charge < -0.3 is 10.3 Å². The molecular weight excluding hydrogens is 439 g/mol. The molecule has 4 heterocycles. The summed E-state index contributed by atoms with van der Waals surface area (Å²) >= 11 is 0. The van der Waals surface area contributed by atoms with E-state index in [-0.39, 0.29) is 5.82 Å². The summed E-state index contributed by atoms with van der Waals surface area (Å²) in [6.45, 7) is 7.22. The van der Waals surface area contributed by atoms with Crippen LogP contribution in [-0.2, 0) is 6.54 Å². The number of likely N-dealkylation sites (tertiary alicyclic amines) is 1. The van der Waals surface area contributed by atoms with Crippen LogP contribution in [0, 0.1) is 19.7 Å². The smallest absolute Gasteiger partial charge is 0.161 e. The number of aryl methyl sites for hydroxylation is 2. The van der Waals surface area contributed by atoms with Crippen molar-refractivity contribution in [3.8, 4) is 22.6 Å². The molecule has 0 atom stereocenters. The Hall–Kier alpha value is -3.71. The second-order valence-corrected chi connectivity index (χ2v) is 9.63. The zero-order valence-electron chi connectivity index (χ0n) is 20.1. The molecule has 0 unspecified atom stereocenters. The van der Waals surface area contributed by atoms with E-state index in [1.165, 1.54) is 24.8 Å². The van der Waals surface area contributed by atoms with Crippen LogP contribution in [-0.4, -0.2) is 38.2 Å². The third kappa shape index (κ3) is 4.06. The van der Waals surface area contributed by atoms with E-state index in [0.717, 1.165) is 42.0 Å². The normalized spacial score (nSPS) is 15.9. The van der Waals surface area contributed by atoms with Gasteiger partial charge in [0.15, 0.2) is 11.6 Å². The van der Waals surface area contributed by atoms with E-state index in [9.17, 15) is 0 Å². The number of aromatic nitrogens is 4. The van der Waals surface area contributed by atoms with E-state index in [1.807, 2.05) is 37.4 Å². The number of nitrogens with zero attached hydrogens (tertiary/aromatic N) is 3. The Morgan fingerprint density at radius 3 is 2.74 bits per heavy atom. The number of hydrogen-bond acceptors (Lipinski definition) is 4. The van der Waals surface area contributed by atoms with Crippen LogP contribution in [0.25, 0.3) is 39.6 Å². The van der Waals surface area contributed by atoms with Gasteiger partial charge in [0.25, 0.3) is 0 Å². The highest BCUT2D eigenvalue weighted by molar-refractivity contribution is 5.96. The number of aromatic amines is 2. The lowest BCUT2D eigenvalue weighted by atomic mass is 9.94. The maximum absolute atomic E-state index is 16.3. The lowest BCUT2D eigenvalue weighted by Crippen LogP contribution is -2.29. The number of H-pyrrole nitrogens is 2. The van der Waals surface area contributed by atoms with Crippen LogP contribution in [0.3, 0.4) is 0 Å². The van der Waals surface area contributed by atoms with Gasteiger partial charge in [-0.2, -0.15) is 5.10 Å². The van der Waals surface area contributed by atoms with Gasteiger partial charge in [0.2, 0.25) is 0 Å². The average molecular weight is 469 g/mol. The van der Waals surface area contributed by atoms with E-state index >= 15 is 4.39 Å². The molecule has 7 heteroatoms. The molecule has 0 aliphatic carbocycles. The highest BCUT2D eigenvalue weighted by Gasteiger charge is 2.22. The number of allylic oxidation sites excluding steroid dienone is 2. The number of hydrogen-bond donors (Lipinski definition) is 3. The molecule has 2 aromatic carbocycles. The predicted molar refractivity (Wildman–Crippen MR) is 139 cm³/mol. The molecule has 6 rings (SSSR count). The van der Waals surface area contributed by atoms with Gasteiger partial charge >= 0.3 is 0 Å². The van der Waals surface area contributed by atoms with E-state index in [4.69, 9.17) is 0 Å². The van der Waals surface area contributed by atoms with Crippen molar-refractivity contribution >= 4 is 22.8 Å². The van der Waals surface area contributed by atoms with E-state index in [2.05, 4.69) is 55.5 Å². The van der Waals surface area contributed by atoms with Crippen LogP contribution in [0.1, 0.15) is 41.6 Å². The van der Waals surface area contributed by atoms with E-state index < -0.39 is 0 Å². The van der Waals surface area contributed by atoms with Gasteiger partial charge in [0, 0.05) is 18.3 Å². The van der Waals surface area contributed by atoms with Crippen molar-refractivity contribution in [3.63, 3.8) is 0 Å². The Morgan fingerprint density at radius 1 is 1.03 bits per heavy atom. The van der Waals surface area contributed by atoms with Crippen LogP contribution < -0.4 is 5.32 Å². The fraction of sp³-hybridized carbons (Fsp3) is 0.286. The van der Waals surface area contributed by atoms with Gasteiger partial charge in [-0.1, -0.05) is 30.2 Å². The van der Waals surface area contributed by atoms with Crippen LogP contribution in [0.15, 0.2) is 42.6 Å². The summed E-state index contributed by atoms with van der Waals surface area (Å²) in [4.78, 5) is 10.4. The summed E-state index contributed by atoms with van der Waals surface area (Å²) in [6.07, 6.45) is 11.4. The molecule has 0 spiro atoms. The first-order chi connectivity index (χ1) is 17.1. The Morgan fingerprint density at radius 2 is 1.89 bits per heavy atom. The monoisotopic (exact) mass is 468 g/mol. The molecule has 0 radical (unpaired) electrons. The molecule has 4 aromatic rings. The van der Waals surface area contributed by atoms with Crippen molar-refractivity contribution < 1.29 is 4.39 Å². The number of piperidine rings is 1. The summed E-state index contributed by atoms with van der Waals surface area (Å²) < 4.78 is 16.3. The number of benzene rings is 2. The fourth-order valence-corrected chi connectivity index (χ4v) is 5.33. The summed E-state index contributed by atoms with van der Waals surface area (Å²) in [6, 6.07) is 8.42. The molecule has 0 amide bonds. The molecule has 0 saturated carbocycles. The SMILES string of the molecule is Cc1cc(CN2CCCCC2)cc(-c2c(C)cc3[nH]nc(-c4nc5c([nH]4)C=CC=CN5)c3c2F)c1. The number of rotatable bonds is 4. The Balaban J connectivity index is 1.44. The summed E-state index contributed by atoms with van der Waals surface area (Å²) in [5.74, 6) is 0.945. The quantitative estimate of drug-likeness (QED) is 0.328. The number of anilines is 1. The summed E-state index contributed by atoms with van der Waals surface area (Å²) in [5.41, 5.74) is 6.75. The standard InChI is InChI=1S/C28H29FN6/c1-17-12-19(16-35-10-6-3-7-11-35)15-20(13-17)23-18(2)14-22-24(25(23)29)26(34-33-22)28-31-21-8-4-5-9-30-27(21)32-28/h4-5,8-9,12-15,30H,3,6-7,10-11,16H2,1-2H3,(H,31,32)(H,33,34). The molecule has 1 fully saturated rings. The second kappa shape index (κ2) is 8.82. The predicted octanol–water partition coefficient (Wildman–Crippen LogP) is 6.31. The molecule has 2 aliphatic rings. The Bertz CT molecular complexity index is 1470. The topological polar surface area (TPSA) is 72.6 Å². The molecule has 0 bridgehead atoms. The third-order valence-corrected chi connectivity index (χ3v) is 6.92. The Kier molecular flexibility index (Phi) is 5.49. The zero-order valence-corrected chi connectivity index (χ0v) is 20.1. The van der Waals surface area contributed by atoms with Crippen molar-refractivity contribution in [2.45, 2.75) is 39.7 Å². The number of nitrogens with one attached hydrogen (secondary N) is 3. The first kappa shape index (κ1) is 21.8. The highest BCUT2D eigenvalue weighted by Crippen LogP contribution is 2.37. The first-order valence-electron chi connectivity index (χ1n) is 12.3. The van der Waals surface area contributed by atoms with Crippen molar-refractivity contribution in [1.82, 2.24) is 25.1 Å². The number of fused-ring (bicyclic) bond motifs is 2. The van der Waals surface area contributed by atoms with E-state index in [1.54, 1.807) is 0 Å². The van der Waals surface area contributed by atoms with Gasteiger partial charge in [-0.3, -0.25) is 10.00 Å². The molecular formula is C28H29FN6. The second-order valence-electron chi connectivity index (χ2n) is 9.63. The summed E-state index contributed by atoms with van der Waals surface area (Å²) in [7, 11) is 0. The van der Waals surface area contributed by atoms with Crippen LogP contribution in [0.5, 0.6) is 0 Å². The Labute approximate surface area is 204 Å². The maximum atomic E-state index is 16.3. The molecule has 6 nitrogen and oxygen atoms in total. The van der Waals surface area contributed by atoms with Crippen molar-refractivity contribution in [3.05, 3.63) is 70.8 Å². The van der Waals surface area contributed by atoms with Crippen LogP contribution in [0.2, 0.25) is 0 Å². The van der Waals surface area contributed by atoms with E-state index in [0.29, 0.717) is 33.8 Å². The maximum Gasteiger partial charge on any atom is 0.161 e. The lowest BCUT2D eigenvalue weighted by molar-refractivity contribution is 0.221. The minimum Gasteiger partial charge on any atom is -0.345 e. The minimum atomic E-state index is -0.270. The van der Waals surface area contributed by atoms with Crippen LogP contribution in [0.4, 0.5) is 10.2 Å². The largest absolute Gasteiger partial charge is 0.345 e. The highest BCUT2D eigenvalue weighted by atomic mass is 19.1. The van der Waals surface area contributed by atoms with Gasteiger partial charge in [0.1, 0.15) is 11.5 Å². The first-order valence-corrected chi connectivity index (χ1v) is 12.3. The average Bonchev–Trinajstić information content (AvgIpc) is 3.37. The molecule has 1 saturated heterocycles. The van der Waals surface area contributed by atoms with Crippen molar-refractivity contribution in [2.75, 3.05) is 18.4 Å². The summed E-state index contributed by atoms with van der Waals surface area (Å²) in [5, 5.41) is 11.0. The zero-order chi connectivity index (χ0) is 23.9. The van der Waals surface area contributed by atoms with Gasteiger partial charge in [0.05, 0.1) is 16.6 Å². The van der Waals surface area contributed by atoms with Gasteiger partial charge in [-0.15, -0.1) is 0 Å². The lowest BCUT2D eigenvalue weighted by Gasteiger charge is -2.26. The van der Waals surface area contributed by atoms with Gasteiger partial charge in [-0.25, -0.2) is 9.37 Å². The number of halogens is 1. The van der Waals surface area contributed by atoms with Crippen molar-refractivity contribution in [2.24, 2.45) is 0 Å². The molecule has 2 aromatic heterocycles. The third-order valence-electron chi connectivity index (χ3n) is 6.92. The molecule has 35 heavy (non-hydrogen) atoms. The molecule has 3 N–H and O–H groups in total. The van der Waals surface area contributed by atoms with Gasteiger partial charge in [-0.05, 0) is 80.8 Å². The number of imidazole rings is 1. The van der Waals surface area contributed by atoms with Crippen molar-refractivity contribution in [1.29, 1.82) is 0 Å². The fourth-order valence-electron chi connectivity index (χ4n) is 5.33. The van der Waals surface area contributed by atoms with Crippen LogP contribution >= 0.6 is 0 Å². The molecule has 2 aliphatic heterocycles. The minimum absolute atomic E-state index is 0.270. The molecule has 178 valence electrons.